The van der Waals surface area contributed by atoms with Crippen molar-refractivity contribution < 1.29 is 27.4 Å². The van der Waals surface area contributed by atoms with E-state index in [1.807, 2.05) is 0 Å². The lowest BCUT2D eigenvalue weighted by Crippen LogP contribution is -2.40. The first-order chi connectivity index (χ1) is 14.4. The number of rotatable bonds is 7. The molecule has 0 spiro atoms. The van der Waals surface area contributed by atoms with Crippen LogP contribution >= 0.6 is 0 Å². The molecule has 0 aliphatic carbocycles. The second-order valence-electron chi connectivity index (χ2n) is 6.01. The molecule has 3 aromatic carbocycles. The van der Waals surface area contributed by atoms with E-state index in [-0.39, 0.29) is 5.56 Å². The molecule has 0 heterocycles. The zero-order valence-electron chi connectivity index (χ0n) is 15.5. The average molecular weight is 414 g/mol. The third kappa shape index (κ3) is 5.84. The molecule has 0 radical (unpaired) electrons. The van der Waals surface area contributed by atoms with Crippen molar-refractivity contribution in [2.24, 2.45) is 5.10 Å². The van der Waals surface area contributed by atoms with Crippen molar-refractivity contribution in [3.63, 3.8) is 0 Å². The topological polar surface area (TPSA) is 59.9 Å². The minimum atomic E-state index is -4.54. The lowest BCUT2D eigenvalue weighted by Gasteiger charge is -2.18. The number of ether oxygens (including phenoxy) is 2. The predicted octanol–water partition coefficient (Wildman–Crippen LogP) is 4.64. The van der Waals surface area contributed by atoms with Gasteiger partial charge in [-0.2, -0.15) is 18.3 Å². The standard InChI is InChI=1S/C22H17F3N2O3/c23-22(24,25)19-14-8-7-9-16(19)15-26-27-20(28)21(29-17-10-3-1-4-11-17)30-18-12-5-2-6-13-18/h1-15,21H,(H,27,28)/b26-15-. The van der Waals surface area contributed by atoms with Gasteiger partial charge in [-0.3, -0.25) is 4.79 Å². The maximum absolute atomic E-state index is 13.1. The molecule has 1 amide bonds. The van der Waals surface area contributed by atoms with Gasteiger partial charge in [0.05, 0.1) is 11.8 Å². The van der Waals surface area contributed by atoms with Gasteiger partial charge in [-0.05, 0) is 30.3 Å². The van der Waals surface area contributed by atoms with Crippen molar-refractivity contribution in [1.82, 2.24) is 5.43 Å². The van der Waals surface area contributed by atoms with Crippen LogP contribution < -0.4 is 14.9 Å². The molecule has 3 rings (SSSR count). The van der Waals surface area contributed by atoms with E-state index in [9.17, 15) is 18.0 Å². The number of nitrogens with zero attached hydrogens (tertiary/aromatic N) is 1. The van der Waals surface area contributed by atoms with Crippen molar-refractivity contribution in [3.8, 4) is 11.5 Å². The third-order valence-corrected chi connectivity index (χ3v) is 3.83. The minimum absolute atomic E-state index is 0.185. The maximum Gasteiger partial charge on any atom is 0.417 e. The monoisotopic (exact) mass is 414 g/mol. The molecule has 0 saturated heterocycles. The molecule has 30 heavy (non-hydrogen) atoms. The van der Waals surface area contributed by atoms with E-state index >= 15 is 0 Å². The number of alkyl halides is 3. The predicted molar refractivity (Wildman–Crippen MR) is 105 cm³/mol. The minimum Gasteiger partial charge on any atom is -0.446 e. The van der Waals surface area contributed by atoms with E-state index in [1.165, 1.54) is 18.2 Å². The second-order valence-corrected chi connectivity index (χ2v) is 6.01. The highest BCUT2D eigenvalue weighted by molar-refractivity contribution is 5.85. The fourth-order valence-corrected chi connectivity index (χ4v) is 2.46. The van der Waals surface area contributed by atoms with Gasteiger partial charge < -0.3 is 9.47 Å². The van der Waals surface area contributed by atoms with Gasteiger partial charge in [-0.15, -0.1) is 0 Å². The first-order valence-electron chi connectivity index (χ1n) is 8.86. The summed E-state index contributed by atoms with van der Waals surface area (Å²) in [5, 5.41) is 3.64. The van der Waals surface area contributed by atoms with Crippen molar-refractivity contribution in [1.29, 1.82) is 0 Å². The molecule has 0 atom stereocenters. The Morgan fingerprint density at radius 1 is 0.833 bits per heavy atom. The molecule has 154 valence electrons. The summed E-state index contributed by atoms with van der Waals surface area (Å²) in [6, 6.07) is 21.9. The average Bonchev–Trinajstić information content (AvgIpc) is 2.74. The van der Waals surface area contributed by atoms with Crippen molar-refractivity contribution in [2.75, 3.05) is 0 Å². The normalized spacial score (nSPS) is 11.5. The first kappa shape index (κ1) is 20.9. The Kier molecular flexibility index (Phi) is 6.69. The van der Waals surface area contributed by atoms with Crippen LogP contribution in [0.15, 0.2) is 90.0 Å². The van der Waals surface area contributed by atoms with Gasteiger partial charge in [-0.25, -0.2) is 5.43 Å². The molecule has 0 saturated carbocycles. The van der Waals surface area contributed by atoms with Crippen LogP contribution in [0.25, 0.3) is 0 Å². The van der Waals surface area contributed by atoms with Gasteiger partial charge in [0.25, 0.3) is 0 Å². The number of benzene rings is 3. The molecule has 0 unspecified atom stereocenters. The third-order valence-electron chi connectivity index (χ3n) is 3.83. The van der Waals surface area contributed by atoms with Crippen LogP contribution in [0.4, 0.5) is 13.2 Å². The Morgan fingerprint density at radius 3 is 1.87 bits per heavy atom. The van der Waals surface area contributed by atoms with E-state index in [0.29, 0.717) is 11.5 Å². The SMILES string of the molecule is O=C(N/N=C\c1ccccc1C(F)(F)F)C(Oc1ccccc1)Oc1ccccc1. The smallest absolute Gasteiger partial charge is 0.417 e. The van der Waals surface area contributed by atoms with E-state index in [2.05, 4.69) is 10.5 Å². The van der Waals surface area contributed by atoms with E-state index in [1.54, 1.807) is 60.7 Å². The molecule has 0 aliphatic heterocycles. The van der Waals surface area contributed by atoms with E-state index in [0.717, 1.165) is 12.3 Å². The Balaban J connectivity index is 1.74. The van der Waals surface area contributed by atoms with Gasteiger partial charge in [0.1, 0.15) is 11.5 Å². The van der Waals surface area contributed by atoms with Gasteiger partial charge in [0.15, 0.2) is 0 Å². The van der Waals surface area contributed by atoms with Crippen LogP contribution in [0.5, 0.6) is 11.5 Å². The Hall–Kier alpha value is -3.81. The van der Waals surface area contributed by atoms with Crippen LogP contribution in [-0.4, -0.2) is 18.4 Å². The zero-order chi connectivity index (χ0) is 21.4. The fraction of sp³-hybridized carbons (Fsp3) is 0.0909. The summed E-state index contributed by atoms with van der Waals surface area (Å²) < 4.78 is 50.3. The fourth-order valence-electron chi connectivity index (χ4n) is 2.46. The van der Waals surface area contributed by atoms with Crippen molar-refractivity contribution in [2.45, 2.75) is 12.5 Å². The van der Waals surface area contributed by atoms with Crippen molar-refractivity contribution >= 4 is 12.1 Å². The number of hydrogen-bond donors (Lipinski definition) is 1. The second kappa shape index (κ2) is 9.60. The summed E-state index contributed by atoms with van der Waals surface area (Å²) in [6.45, 7) is 0. The van der Waals surface area contributed by atoms with Crippen LogP contribution in [0.1, 0.15) is 11.1 Å². The molecule has 0 aliphatic rings. The molecule has 0 fully saturated rings. The molecular formula is C22H17F3N2O3. The summed E-state index contributed by atoms with van der Waals surface area (Å²) in [7, 11) is 0. The number of hydrazone groups is 1. The van der Waals surface area contributed by atoms with Crippen LogP contribution in [-0.2, 0) is 11.0 Å². The number of carbonyl (C=O) groups excluding carboxylic acids is 1. The zero-order valence-corrected chi connectivity index (χ0v) is 15.5. The van der Waals surface area contributed by atoms with Crippen molar-refractivity contribution in [3.05, 3.63) is 96.1 Å². The van der Waals surface area contributed by atoms with Gasteiger partial charge in [-0.1, -0.05) is 54.6 Å². The number of amides is 1. The van der Waals surface area contributed by atoms with Crippen LogP contribution in [0.3, 0.4) is 0 Å². The van der Waals surface area contributed by atoms with Gasteiger partial charge in [0.2, 0.25) is 0 Å². The summed E-state index contributed by atoms with van der Waals surface area (Å²) in [6.07, 6.45) is -5.03. The molecular weight excluding hydrogens is 397 g/mol. The number of halogens is 3. The van der Waals surface area contributed by atoms with E-state index in [4.69, 9.17) is 9.47 Å². The summed E-state index contributed by atoms with van der Waals surface area (Å²) >= 11 is 0. The maximum atomic E-state index is 13.1. The molecule has 3 aromatic rings. The lowest BCUT2D eigenvalue weighted by molar-refractivity contribution is -0.140. The van der Waals surface area contributed by atoms with Crippen LogP contribution in [0.2, 0.25) is 0 Å². The summed E-state index contributed by atoms with van der Waals surface area (Å²) in [5.41, 5.74) is 1.12. The molecule has 5 nitrogen and oxygen atoms in total. The quantitative estimate of drug-likeness (QED) is 0.348. The lowest BCUT2D eigenvalue weighted by atomic mass is 10.1. The number of hydrogen-bond acceptors (Lipinski definition) is 4. The highest BCUT2D eigenvalue weighted by atomic mass is 19.4. The number of carbonyl (C=O) groups is 1. The number of para-hydroxylation sites is 2. The highest BCUT2D eigenvalue weighted by Crippen LogP contribution is 2.31. The Bertz CT molecular complexity index is 952. The molecule has 0 bridgehead atoms. The Morgan fingerprint density at radius 2 is 1.33 bits per heavy atom. The summed E-state index contributed by atoms with van der Waals surface area (Å²) in [5.74, 6) is -0.0385. The molecule has 0 aromatic heterocycles. The molecule has 8 heteroatoms. The highest BCUT2D eigenvalue weighted by Gasteiger charge is 2.32. The molecule has 1 N–H and O–H groups in total. The largest absolute Gasteiger partial charge is 0.446 e. The van der Waals surface area contributed by atoms with E-state index < -0.39 is 23.9 Å². The summed E-state index contributed by atoms with van der Waals surface area (Å²) in [4.78, 5) is 12.5. The number of nitrogens with one attached hydrogen (secondary N) is 1. The first-order valence-corrected chi connectivity index (χ1v) is 8.86. The Labute approximate surface area is 170 Å². The van der Waals surface area contributed by atoms with Gasteiger partial charge in [0, 0.05) is 5.56 Å². The van der Waals surface area contributed by atoms with Gasteiger partial charge >= 0.3 is 18.4 Å². The van der Waals surface area contributed by atoms with Crippen LogP contribution in [0, 0.1) is 0 Å².